The van der Waals surface area contributed by atoms with Gasteiger partial charge in [-0.2, -0.15) is 0 Å². The van der Waals surface area contributed by atoms with Gasteiger partial charge in [0.1, 0.15) is 10.7 Å². The van der Waals surface area contributed by atoms with Gasteiger partial charge in [0, 0.05) is 11.8 Å². The number of carbonyl (C=O) groups excluding carboxylic acids is 4. The number of hydrogen-bond acceptors (Lipinski definition) is 6. The molecule has 3 rings (SSSR count). The molecule has 0 unspecified atom stereocenters. The zero-order chi connectivity index (χ0) is 21.7. The molecule has 0 spiro atoms. The number of nitrogens with two attached hydrogens (primary N) is 1. The molecule has 0 saturated carbocycles. The largest absolute Gasteiger partial charge is 0.451 e. The molecule has 0 fully saturated rings. The molecule has 0 aliphatic heterocycles. The van der Waals surface area contributed by atoms with E-state index in [0.29, 0.717) is 16.1 Å². The van der Waals surface area contributed by atoms with E-state index in [-0.39, 0.29) is 5.70 Å². The average molecular weight is 427 g/mol. The van der Waals surface area contributed by atoms with Gasteiger partial charge >= 0.3 is 5.97 Å². The van der Waals surface area contributed by atoms with Gasteiger partial charge in [-0.1, -0.05) is 30.3 Å². The van der Waals surface area contributed by atoms with E-state index in [1.807, 2.05) is 6.07 Å². The van der Waals surface area contributed by atoms with Crippen molar-refractivity contribution in [2.24, 2.45) is 5.73 Å². The molecule has 156 valence electrons. The van der Waals surface area contributed by atoms with E-state index in [2.05, 4.69) is 10.6 Å². The van der Waals surface area contributed by atoms with E-state index in [0.717, 1.165) is 29.7 Å². The monoisotopic (exact) mass is 427 g/mol. The molecule has 30 heavy (non-hydrogen) atoms. The number of anilines is 1. The standard InChI is InChI=1S/C21H21N3O5S/c1-12(25)23-15(10-13-6-3-2-4-7-13)21(28)29-11-17(26)24-20-18(19(22)27)14-8-5-9-16(14)30-20/h2-4,6-7,10H,5,8-9,11H2,1H3,(H2,22,27)(H,23,25)(H,24,26). The summed E-state index contributed by atoms with van der Waals surface area (Å²) < 4.78 is 5.04. The van der Waals surface area contributed by atoms with Crippen LogP contribution in [0.15, 0.2) is 36.0 Å². The SMILES string of the molecule is CC(=O)NC(=Cc1ccccc1)C(=O)OCC(=O)Nc1sc2c(c1C(N)=O)CCC2. The second-order valence-electron chi connectivity index (χ2n) is 6.70. The minimum absolute atomic E-state index is 0.0885. The Labute approximate surface area is 177 Å². The highest BCUT2D eigenvalue weighted by Crippen LogP contribution is 2.38. The second kappa shape index (κ2) is 9.36. The molecule has 9 heteroatoms. The Balaban J connectivity index is 1.66. The maximum atomic E-state index is 12.4. The van der Waals surface area contributed by atoms with Crippen molar-refractivity contribution >= 4 is 46.1 Å². The Bertz CT molecular complexity index is 1030. The van der Waals surface area contributed by atoms with Crippen molar-refractivity contribution in [3.8, 4) is 0 Å². The highest BCUT2D eigenvalue weighted by atomic mass is 32.1. The van der Waals surface area contributed by atoms with Crippen molar-refractivity contribution in [2.45, 2.75) is 26.2 Å². The van der Waals surface area contributed by atoms with Gasteiger partial charge in [-0.3, -0.25) is 14.4 Å². The molecule has 0 saturated heterocycles. The fourth-order valence-electron chi connectivity index (χ4n) is 3.18. The van der Waals surface area contributed by atoms with Crippen molar-refractivity contribution in [1.29, 1.82) is 0 Å². The number of rotatable bonds is 7. The predicted octanol–water partition coefficient (Wildman–Crippen LogP) is 1.99. The Morgan fingerprint density at radius 2 is 1.90 bits per heavy atom. The summed E-state index contributed by atoms with van der Waals surface area (Å²) >= 11 is 1.31. The Hall–Kier alpha value is -3.46. The van der Waals surface area contributed by atoms with E-state index in [4.69, 9.17) is 10.5 Å². The fraction of sp³-hybridized carbons (Fsp3) is 0.238. The van der Waals surface area contributed by atoms with Crippen LogP contribution in [0.2, 0.25) is 0 Å². The van der Waals surface area contributed by atoms with Crippen molar-refractivity contribution in [3.05, 3.63) is 57.6 Å². The molecule has 0 radical (unpaired) electrons. The maximum Gasteiger partial charge on any atom is 0.355 e. The van der Waals surface area contributed by atoms with Crippen LogP contribution < -0.4 is 16.4 Å². The molecular formula is C21H21N3O5S. The van der Waals surface area contributed by atoms with Crippen LogP contribution in [0, 0.1) is 0 Å². The average Bonchev–Trinajstić information content (AvgIpc) is 3.26. The smallest absolute Gasteiger partial charge is 0.355 e. The Kier molecular flexibility index (Phi) is 6.63. The molecule has 1 aliphatic rings. The number of benzene rings is 1. The first-order valence-corrected chi connectivity index (χ1v) is 10.1. The lowest BCUT2D eigenvalue weighted by atomic mass is 10.1. The lowest BCUT2D eigenvalue weighted by molar-refractivity contribution is -0.144. The third-order valence-corrected chi connectivity index (χ3v) is 5.60. The molecule has 1 aromatic carbocycles. The zero-order valence-corrected chi connectivity index (χ0v) is 17.1. The van der Waals surface area contributed by atoms with Crippen LogP contribution in [0.1, 0.15) is 39.7 Å². The lowest BCUT2D eigenvalue weighted by Crippen LogP contribution is -2.29. The summed E-state index contributed by atoms with van der Waals surface area (Å²) in [4.78, 5) is 48.9. The van der Waals surface area contributed by atoms with E-state index < -0.39 is 30.3 Å². The number of ether oxygens (including phenoxy) is 1. The van der Waals surface area contributed by atoms with Crippen molar-refractivity contribution in [1.82, 2.24) is 5.32 Å². The lowest BCUT2D eigenvalue weighted by Gasteiger charge is -2.10. The van der Waals surface area contributed by atoms with Crippen LogP contribution in [-0.4, -0.2) is 30.3 Å². The molecule has 0 atom stereocenters. The molecule has 0 bridgehead atoms. The van der Waals surface area contributed by atoms with E-state index >= 15 is 0 Å². The molecule has 1 aliphatic carbocycles. The number of nitrogens with one attached hydrogen (secondary N) is 2. The third-order valence-electron chi connectivity index (χ3n) is 4.40. The first kappa shape index (κ1) is 21.3. The van der Waals surface area contributed by atoms with Crippen LogP contribution in [0.3, 0.4) is 0 Å². The number of primary amides is 1. The summed E-state index contributed by atoms with van der Waals surface area (Å²) in [5.74, 6) is -2.50. The summed E-state index contributed by atoms with van der Waals surface area (Å²) in [7, 11) is 0. The van der Waals surface area contributed by atoms with Crippen LogP contribution >= 0.6 is 11.3 Å². The van der Waals surface area contributed by atoms with Crippen molar-refractivity contribution in [3.63, 3.8) is 0 Å². The summed E-state index contributed by atoms with van der Waals surface area (Å²) in [6, 6.07) is 8.89. The molecule has 8 nitrogen and oxygen atoms in total. The molecular weight excluding hydrogens is 406 g/mol. The summed E-state index contributed by atoms with van der Waals surface area (Å²) in [5, 5.41) is 5.38. The minimum atomic E-state index is -0.854. The van der Waals surface area contributed by atoms with Gasteiger partial charge in [0.15, 0.2) is 6.61 Å². The van der Waals surface area contributed by atoms with Gasteiger partial charge in [0.05, 0.1) is 5.56 Å². The van der Waals surface area contributed by atoms with Crippen LogP contribution in [0.4, 0.5) is 5.00 Å². The zero-order valence-electron chi connectivity index (χ0n) is 16.3. The predicted molar refractivity (Wildman–Crippen MR) is 113 cm³/mol. The van der Waals surface area contributed by atoms with Gasteiger partial charge in [-0.25, -0.2) is 4.79 Å². The molecule has 2 aromatic rings. The number of aryl methyl sites for hydroxylation is 1. The number of carbonyl (C=O) groups is 4. The van der Waals surface area contributed by atoms with Gasteiger partial charge in [0.25, 0.3) is 11.8 Å². The molecule has 1 heterocycles. The second-order valence-corrected chi connectivity index (χ2v) is 7.81. The van der Waals surface area contributed by atoms with Gasteiger partial charge in [-0.05, 0) is 36.5 Å². The number of fused-ring (bicyclic) bond motifs is 1. The Morgan fingerprint density at radius 3 is 2.57 bits per heavy atom. The van der Waals surface area contributed by atoms with Gasteiger partial charge in [0.2, 0.25) is 5.91 Å². The maximum absolute atomic E-state index is 12.4. The quantitative estimate of drug-likeness (QED) is 0.460. The number of esters is 1. The minimum Gasteiger partial charge on any atom is -0.451 e. The van der Waals surface area contributed by atoms with Crippen LogP contribution in [0.5, 0.6) is 0 Å². The number of thiophene rings is 1. The van der Waals surface area contributed by atoms with Gasteiger partial charge in [-0.15, -0.1) is 11.3 Å². The van der Waals surface area contributed by atoms with E-state index in [1.165, 1.54) is 24.3 Å². The summed E-state index contributed by atoms with van der Waals surface area (Å²) in [5.41, 5.74) is 7.28. The molecule has 4 N–H and O–H groups in total. The normalized spacial score (nSPS) is 12.8. The molecule has 3 amide bonds. The first-order valence-electron chi connectivity index (χ1n) is 9.30. The highest BCUT2D eigenvalue weighted by Gasteiger charge is 2.26. The summed E-state index contributed by atoms with van der Waals surface area (Å²) in [6.45, 7) is 0.686. The number of amides is 3. The van der Waals surface area contributed by atoms with E-state index in [9.17, 15) is 19.2 Å². The van der Waals surface area contributed by atoms with E-state index in [1.54, 1.807) is 24.3 Å². The topological polar surface area (TPSA) is 128 Å². The Morgan fingerprint density at radius 1 is 1.17 bits per heavy atom. The number of hydrogen-bond donors (Lipinski definition) is 3. The summed E-state index contributed by atoms with van der Waals surface area (Å²) in [6.07, 6.45) is 4.00. The van der Waals surface area contributed by atoms with Gasteiger partial charge < -0.3 is 21.1 Å². The fourth-order valence-corrected chi connectivity index (χ4v) is 4.49. The van der Waals surface area contributed by atoms with Crippen molar-refractivity contribution in [2.75, 3.05) is 11.9 Å². The molecule has 1 aromatic heterocycles. The van der Waals surface area contributed by atoms with Crippen LogP contribution in [0.25, 0.3) is 6.08 Å². The first-order chi connectivity index (χ1) is 14.3. The van der Waals surface area contributed by atoms with Crippen molar-refractivity contribution < 1.29 is 23.9 Å². The van der Waals surface area contributed by atoms with Crippen LogP contribution in [-0.2, 0) is 32.0 Å². The highest BCUT2D eigenvalue weighted by molar-refractivity contribution is 7.17. The third kappa shape index (κ3) is 5.12.